The van der Waals surface area contributed by atoms with E-state index in [4.69, 9.17) is 0 Å². The zero-order valence-electron chi connectivity index (χ0n) is 13.8. The lowest BCUT2D eigenvalue weighted by atomic mass is 9.99. The summed E-state index contributed by atoms with van der Waals surface area (Å²) in [6.45, 7) is 5.16. The van der Waals surface area contributed by atoms with Crippen molar-refractivity contribution in [3.63, 3.8) is 0 Å². The molecule has 5 nitrogen and oxygen atoms in total. The van der Waals surface area contributed by atoms with Crippen LogP contribution in [-0.2, 0) is 19.5 Å². The van der Waals surface area contributed by atoms with Crippen molar-refractivity contribution < 1.29 is 0 Å². The normalized spacial score (nSPS) is 19.9. The fourth-order valence-electron chi connectivity index (χ4n) is 3.69. The van der Waals surface area contributed by atoms with E-state index in [9.17, 15) is 0 Å². The number of nitrogens with one attached hydrogen (secondary N) is 2. The molecule has 0 saturated carbocycles. The number of hydrogen-bond donors (Lipinski definition) is 2. The summed E-state index contributed by atoms with van der Waals surface area (Å²) in [7, 11) is 2.19. The van der Waals surface area contributed by atoms with Gasteiger partial charge in [-0.1, -0.05) is 12.1 Å². The second-order valence-corrected chi connectivity index (χ2v) is 6.76. The van der Waals surface area contributed by atoms with Crippen LogP contribution in [0.3, 0.4) is 0 Å². The van der Waals surface area contributed by atoms with Gasteiger partial charge in [0.25, 0.3) is 0 Å². The summed E-state index contributed by atoms with van der Waals surface area (Å²) in [5.41, 5.74) is 4.30. The third kappa shape index (κ3) is 3.06. The van der Waals surface area contributed by atoms with Crippen molar-refractivity contribution in [3.8, 4) is 0 Å². The first-order chi connectivity index (χ1) is 11.3. The number of rotatable bonds is 4. The number of aryl methyl sites for hydroxylation is 1. The summed E-state index contributed by atoms with van der Waals surface area (Å²) < 4.78 is 2.06. The Morgan fingerprint density at radius 1 is 1.35 bits per heavy atom. The highest BCUT2D eigenvalue weighted by atomic mass is 15.3. The van der Waals surface area contributed by atoms with Crippen LogP contribution in [0.1, 0.15) is 17.5 Å². The van der Waals surface area contributed by atoms with Crippen LogP contribution in [0.4, 0.5) is 11.5 Å². The van der Waals surface area contributed by atoms with Crippen LogP contribution in [-0.4, -0.2) is 36.5 Å². The third-order valence-electron chi connectivity index (χ3n) is 4.98. The molecule has 4 rings (SSSR count). The summed E-state index contributed by atoms with van der Waals surface area (Å²) in [5.74, 6) is 1.73. The Morgan fingerprint density at radius 3 is 3.26 bits per heavy atom. The lowest BCUT2D eigenvalue weighted by Crippen LogP contribution is -2.35. The van der Waals surface area contributed by atoms with Crippen LogP contribution in [0, 0.1) is 5.92 Å². The number of nitrogens with zero attached hydrogens (tertiary/aromatic N) is 3. The molecule has 2 N–H and O–H groups in total. The Labute approximate surface area is 137 Å². The van der Waals surface area contributed by atoms with Gasteiger partial charge in [0.05, 0.1) is 6.20 Å². The fraction of sp³-hybridized carbons (Fsp3) is 0.500. The molecule has 0 saturated heterocycles. The number of anilines is 2. The minimum atomic E-state index is 0.589. The van der Waals surface area contributed by atoms with Gasteiger partial charge in [-0.15, -0.1) is 0 Å². The standard InChI is InChI=1S/C18H25N5/c1-22-8-2-3-16-9-14(4-5-17(16)22)10-19-11-15-12-20-18-6-7-21-23(18)13-15/h4-7,9,15,19-20H,2-3,8,10-13H2,1H3. The quantitative estimate of drug-likeness (QED) is 0.908. The first-order valence-corrected chi connectivity index (χ1v) is 8.59. The molecule has 0 fully saturated rings. The predicted molar refractivity (Wildman–Crippen MR) is 93.9 cm³/mol. The van der Waals surface area contributed by atoms with Gasteiger partial charge in [-0.3, -0.25) is 0 Å². The van der Waals surface area contributed by atoms with E-state index < -0.39 is 0 Å². The van der Waals surface area contributed by atoms with Crippen molar-refractivity contribution in [2.75, 3.05) is 36.9 Å². The molecule has 0 radical (unpaired) electrons. The Balaban J connectivity index is 1.32. The van der Waals surface area contributed by atoms with Crippen LogP contribution in [0.15, 0.2) is 30.5 Å². The monoisotopic (exact) mass is 311 g/mol. The minimum Gasteiger partial charge on any atom is -0.374 e. The van der Waals surface area contributed by atoms with Gasteiger partial charge in [-0.05, 0) is 30.0 Å². The van der Waals surface area contributed by atoms with Crippen molar-refractivity contribution in [1.29, 1.82) is 0 Å². The van der Waals surface area contributed by atoms with Gasteiger partial charge in [-0.25, -0.2) is 4.68 Å². The van der Waals surface area contributed by atoms with E-state index in [2.05, 4.69) is 50.6 Å². The van der Waals surface area contributed by atoms with E-state index >= 15 is 0 Å². The minimum absolute atomic E-state index is 0.589. The highest BCUT2D eigenvalue weighted by molar-refractivity contribution is 5.56. The van der Waals surface area contributed by atoms with Gasteiger partial charge < -0.3 is 15.5 Å². The molecule has 2 aliphatic rings. The Bertz CT molecular complexity index is 678. The summed E-state index contributed by atoms with van der Waals surface area (Å²) in [6.07, 6.45) is 4.34. The largest absolute Gasteiger partial charge is 0.374 e. The predicted octanol–water partition coefficient (Wildman–Crippen LogP) is 2.10. The molecule has 0 amide bonds. The van der Waals surface area contributed by atoms with Gasteiger partial charge in [0.2, 0.25) is 0 Å². The molecule has 0 spiro atoms. The average molecular weight is 311 g/mol. The van der Waals surface area contributed by atoms with Crippen molar-refractivity contribution in [2.45, 2.75) is 25.9 Å². The van der Waals surface area contributed by atoms with E-state index in [1.54, 1.807) is 0 Å². The number of fused-ring (bicyclic) bond motifs is 2. The Morgan fingerprint density at radius 2 is 2.30 bits per heavy atom. The third-order valence-corrected chi connectivity index (χ3v) is 4.98. The molecule has 122 valence electrons. The Kier molecular flexibility index (Phi) is 3.95. The number of benzene rings is 1. The maximum Gasteiger partial charge on any atom is 0.124 e. The van der Waals surface area contributed by atoms with Crippen LogP contribution >= 0.6 is 0 Å². The molecule has 2 aliphatic heterocycles. The molecule has 1 aromatic heterocycles. The fourth-order valence-corrected chi connectivity index (χ4v) is 3.69. The lowest BCUT2D eigenvalue weighted by molar-refractivity contribution is 0.391. The SMILES string of the molecule is CN1CCCc2cc(CNCC3CNc4ccnn4C3)ccc21. The van der Waals surface area contributed by atoms with Crippen molar-refractivity contribution >= 4 is 11.5 Å². The first kappa shape index (κ1) is 14.6. The summed E-state index contributed by atoms with van der Waals surface area (Å²) >= 11 is 0. The van der Waals surface area contributed by atoms with E-state index in [1.165, 1.54) is 36.2 Å². The van der Waals surface area contributed by atoms with Crippen molar-refractivity contribution in [1.82, 2.24) is 15.1 Å². The summed E-state index contributed by atoms with van der Waals surface area (Å²) in [5, 5.41) is 11.4. The molecule has 1 atom stereocenters. The highest BCUT2D eigenvalue weighted by Gasteiger charge is 2.18. The molecule has 0 aliphatic carbocycles. The zero-order chi connectivity index (χ0) is 15.6. The topological polar surface area (TPSA) is 45.1 Å². The summed E-state index contributed by atoms with van der Waals surface area (Å²) in [6, 6.07) is 8.96. The molecule has 1 unspecified atom stereocenters. The number of aromatic nitrogens is 2. The van der Waals surface area contributed by atoms with Crippen LogP contribution in [0.25, 0.3) is 0 Å². The maximum atomic E-state index is 4.35. The van der Waals surface area contributed by atoms with Gasteiger partial charge in [0.1, 0.15) is 5.82 Å². The maximum absolute atomic E-state index is 4.35. The second-order valence-electron chi connectivity index (χ2n) is 6.76. The van der Waals surface area contributed by atoms with Crippen LogP contribution < -0.4 is 15.5 Å². The van der Waals surface area contributed by atoms with Crippen LogP contribution in [0.2, 0.25) is 0 Å². The van der Waals surface area contributed by atoms with E-state index in [-0.39, 0.29) is 0 Å². The molecular weight excluding hydrogens is 286 g/mol. The van der Waals surface area contributed by atoms with Gasteiger partial charge in [0.15, 0.2) is 0 Å². The Hall–Kier alpha value is -2.01. The van der Waals surface area contributed by atoms with Gasteiger partial charge in [-0.2, -0.15) is 5.10 Å². The average Bonchev–Trinajstić information content (AvgIpc) is 3.03. The van der Waals surface area contributed by atoms with Gasteiger partial charge >= 0.3 is 0 Å². The molecular formula is C18H25N5. The number of hydrogen-bond acceptors (Lipinski definition) is 4. The highest BCUT2D eigenvalue weighted by Crippen LogP contribution is 2.26. The van der Waals surface area contributed by atoms with Crippen LogP contribution in [0.5, 0.6) is 0 Å². The summed E-state index contributed by atoms with van der Waals surface area (Å²) in [4.78, 5) is 2.37. The second kappa shape index (κ2) is 6.24. The molecule has 5 heteroatoms. The lowest BCUT2D eigenvalue weighted by Gasteiger charge is -2.28. The van der Waals surface area contributed by atoms with E-state index in [0.29, 0.717) is 5.92 Å². The van der Waals surface area contributed by atoms with Gasteiger partial charge in [0, 0.05) is 57.4 Å². The van der Waals surface area contributed by atoms with Crippen molar-refractivity contribution in [3.05, 3.63) is 41.6 Å². The molecule has 23 heavy (non-hydrogen) atoms. The molecule has 3 heterocycles. The van der Waals surface area contributed by atoms with E-state index in [1.807, 2.05) is 12.3 Å². The first-order valence-electron chi connectivity index (χ1n) is 8.59. The molecule has 1 aromatic carbocycles. The molecule has 2 aromatic rings. The van der Waals surface area contributed by atoms with Crippen molar-refractivity contribution in [2.24, 2.45) is 5.92 Å². The zero-order valence-corrected chi connectivity index (χ0v) is 13.8. The smallest absolute Gasteiger partial charge is 0.124 e. The van der Waals surface area contributed by atoms with E-state index in [0.717, 1.165) is 32.0 Å². The molecule has 0 bridgehead atoms.